The minimum Gasteiger partial charge on any atom is -0.412 e. The molecule has 0 radical (unpaired) electrons. The van der Waals surface area contributed by atoms with Gasteiger partial charge in [0.25, 0.3) is 0 Å². The molecule has 1 aromatic carbocycles. The van der Waals surface area contributed by atoms with E-state index in [0.717, 1.165) is 16.9 Å². The lowest BCUT2D eigenvalue weighted by Crippen LogP contribution is -2.06. The second kappa shape index (κ2) is 8.66. The van der Waals surface area contributed by atoms with Gasteiger partial charge in [0, 0.05) is 17.9 Å². The molecule has 0 bridgehead atoms. The van der Waals surface area contributed by atoms with Crippen LogP contribution >= 0.6 is 0 Å². The normalized spacial score (nSPS) is 9.78. The molecule has 0 aliphatic carbocycles. The first-order valence-corrected chi connectivity index (χ1v) is 6.04. The van der Waals surface area contributed by atoms with E-state index in [1.807, 2.05) is 25.1 Å². The number of aryl methyl sites for hydroxylation is 1. The van der Waals surface area contributed by atoms with Gasteiger partial charge < -0.3 is 21.6 Å². The molecule has 0 spiro atoms. The average molecular weight is 282 g/mol. The van der Waals surface area contributed by atoms with E-state index in [2.05, 4.69) is 5.32 Å². The van der Waals surface area contributed by atoms with Crippen LogP contribution in [-0.2, 0) is 10.4 Å². The zero-order valence-electron chi connectivity index (χ0n) is 9.79. The number of hydrogen-bond donors (Lipinski definition) is 5. The van der Waals surface area contributed by atoms with Crippen LogP contribution in [0.3, 0.4) is 0 Å². The Morgan fingerprint density at radius 2 is 1.83 bits per heavy atom. The molecule has 0 fully saturated rings. The highest BCUT2D eigenvalue weighted by Crippen LogP contribution is 2.16. The number of hydrogen-bond acceptors (Lipinski definition) is 5. The minimum absolute atomic E-state index is 0. The van der Waals surface area contributed by atoms with Crippen LogP contribution in [0.15, 0.2) is 18.2 Å². The lowest BCUT2D eigenvalue weighted by atomic mass is 10.2. The summed E-state index contributed by atoms with van der Waals surface area (Å²) >= 11 is 0. The largest absolute Gasteiger partial charge is 0.412 e. The smallest absolute Gasteiger partial charge is 0.394 e. The number of benzene rings is 1. The Morgan fingerprint density at radius 1 is 1.33 bits per heavy atom. The van der Waals surface area contributed by atoms with Crippen molar-refractivity contribution in [1.29, 1.82) is 0 Å². The third-order valence-corrected chi connectivity index (χ3v) is 1.68. The molecule has 0 aliphatic rings. The van der Waals surface area contributed by atoms with E-state index >= 15 is 0 Å². The summed E-state index contributed by atoms with van der Waals surface area (Å²) < 4.78 is 31.6. The van der Waals surface area contributed by atoms with Gasteiger partial charge in [-0.2, -0.15) is 8.42 Å². The first-order chi connectivity index (χ1) is 7.74. The Balaban J connectivity index is 0. The summed E-state index contributed by atoms with van der Waals surface area (Å²) in [7, 11) is -4.67. The van der Waals surface area contributed by atoms with E-state index < -0.39 is 10.4 Å². The molecule has 0 amide bonds. The van der Waals surface area contributed by atoms with E-state index in [1.54, 1.807) is 0 Å². The molecule has 0 unspecified atom stereocenters. The van der Waals surface area contributed by atoms with Gasteiger partial charge >= 0.3 is 10.4 Å². The van der Waals surface area contributed by atoms with Crippen LogP contribution in [0.4, 0.5) is 11.4 Å². The molecule has 1 aromatic rings. The molecule has 0 aliphatic heterocycles. The van der Waals surface area contributed by atoms with Crippen LogP contribution in [0.1, 0.15) is 5.56 Å². The van der Waals surface area contributed by atoms with Crippen molar-refractivity contribution in [2.24, 2.45) is 0 Å². The van der Waals surface area contributed by atoms with Gasteiger partial charge in [-0.1, -0.05) is 0 Å². The molecular formula is C9H18N2O6S. The van der Waals surface area contributed by atoms with Crippen molar-refractivity contribution in [3.05, 3.63) is 23.8 Å². The Morgan fingerprint density at radius 3 is 2.22 bits per heavy atom. The highest BCUT2D eigenvalue weighted by Gasteiger charge is 1.96. The topological polar surface area (TPSA) is 164 Å². The molecule has 0 atom stereocenters. The summed E-state index contributed by atoms with van der Waals surface area (Å²) in [6.07, 6.45) is 0. The van der Waals surface area contributed by atoms with Gasteiger partial charge in [-0.05, 0) is 30.7 Å². The summed E-state index contributed by atoms with van der Waals surface area (Å²) in [5.74, 6) is 0. The first-order valence-electron chi connectivity index (χ1n) is 4.64. The summed E-state index contributed by atoms with van der Waals surface area (Å²) in [4.78, 5) is 0. The maximum Gasteiger partial charge on any atom is 0.394 e. The second-order valence-electron chi connectivity index (χ2n) is 3.17. The highest BCUT2D eigenvalue weighted by atomic mass is 32.3. The van der Waals surface area contributed by atoms with Crippen molar-refractivity contribution in [1.82, 2.24) is 0 Å². The summed E-state index contributed by atoms with van der Waals surface area (Å²) in [6, 6.07) is 5.66. The zero-order valence-corrected chi connectivity index (χ0v) is 10.6. The molecule has 0 saturated heterocycles. The van der Waals surface area contributed by atoms with E-state index in [9.17, 15) is 0 Å². The Labute approximate surface area is 105 Å². The van der Waals surface area contributed by atoms with Gasteiger partial charge in [-0.15, -0.1) is 0 Å². The van der Waals surface area contributed by atoms with Crippen LogP contribution in [0.2, 0.25) is 0 Å². The molecule has 0 heterocycles. The van der Waals surface area contributed by atoms with Gasteiger partial charge in [0.15, 0.2) is 0 Å². The van der Waals surface area contributed by atoms with Crippen LogP contribution < -0.4 is 11.1 Å². The van der Waals surface area contributed by atoms with Crippen molar-refractivity contribution in [2.75, 3.05) is 24.2 Å². The van der Waals surface area contributed by atoms with Crippen LogP contribution in [-0.4, -0.2) is 41.3 Å². The Hall–Kier alpha value is -1.39. The third kappa shape index (κ3) is 11.1. The lowest BCUT2D eigenvalue weighted by molar-refractivity contribution is 0.311. The molecule has 18 heavy (non-hydrogen) atoms. The van der Waals surface area contributed by atoms with Crippen LogP contribution in [0.25, 0.3) is 0 Å². The van der Waals surface area contributed by atoms with E-state index in [4.69, 9.17) is 28.4 Å². The predicted molar refractivity (Wildman–Crippen MR) is 69.0 cm³/mol. The maximum absolute atomic E-state index is 8.74. The molecule has 0 saturated carbocycles. The summed E-state index contributed by atoms with van der Waals surface area (Å²) in [6.45, 7) is 2.70. The SMILES string of the molecule is Cc1cc(N)ccc1NCCO.O.O=S(=O)(O)O. The third-order valence-electron chi connectivity index (χ3n) is 1.68. The second-order valence-corrected chi connectivity index (χ2v) is 4.07. The number of nitrogens with one attached hydrogen (secondary N) is 1. The van der Waals surface area contributed by atoms with Gasteiger partial charge in [-0.3, -0.25) is 9.11 Å². The molecule has 8 N–H and O–H groups in total. The minimum atomic E-state index is -4.67. The van der Waals surface area contributed by atoms with Crippen molar-refractivity contribution in [3.63, 3.8) is 0 Å². The fourth-order valence-electron chi connectivity index (χ4n) is 1.08. The monoisotopic (exact) mass is 282 g/mol. The summed E-state index contributed by atoms with van der Waals surface area (Å²) in [5, 5.41) is 11.7. The fraction of sp³-hybridized carbons (Fsp3) is 0.333. The van der Waals surface area contributed by atoms with Crippen LogP contribution in [0.5, 0.6) is 0 Å². The molecule has 0 aromatic heterocycles. The predicted octanol–water partition coefficient (Wildman–Crippen LogP) is -0.496. The quantitative estimate of drug-likeness (QED) is 0.368. The van der Waals surface area contributed by atoms with Crippen molar-refractivity contribution in [2.45, 2.75) is 6.92 Å². The van der Waals surface area contributed by atoms with Gasteiger partial charge in [0.05, 0.1) is 6.61 Å². The number of nitrogens with two attached hydrogens (primary N) is 1. The number of rotatable bonds is 3. The van der Waals surface area contributed by atoms with E-state index in [1.165, 1.54) is 0 Å². The van der Waals surface area contributed by atoms with Gasteiger partial charge in [0.1, 0.15) is 0 Å². The first kappa shape index (κ1) is 19.0. The van der Waals surface area contributed by atoms with Crippen molar-refractivity contribution < 1.29 is 28.1 Å². The fourth-order valence-corrected chi connectivity index (χ4v) is 1.08. The van der Waals surface area contributed by atoms with E-state index in [-0.39, 0.29) is 12.1 Å². The number of anilines is 2. The number of aliphatic hydroxyl groups is 1. The van der Waals surface area contributed by atoms with E-state index in [0.29, 0.717) is 6.54 Å². The molecule has 8 nitrogen and oxygen atoms in total. The lowest BCUT2D eigenvalue weighted by Gasteiger charge is -2.08. The van der Waals surface area contributed by atoms with Crippen molar-refractivity contribution in [3.8, 4) is 0 Å². The van der Waals surface area contributed by atoms with Gasteiger partial charge in [-0.25, -0.2) is 0 Å². The average Bonchev–Trinajstić information content (AvgIpc) is 2.14. The molecule has 106 valence electrons. The Kier molecular flexibility index (Phi) is 9.13. The van der Waals surface area contributed by atoms with Crippen molar-refractivity contribution >= 4 is 21.8 Å². The number of aliphatic hydroxyl groups excluding tert-OH is 1. The molecular weight excluding hydrogens is 264 g/mol. The van der Waals surface area contributed by atoms with Crippen LogP contribution in [0, 0.1) is 6.92 Å². The molecule has 1 rings (SSSR count). The number of nitrogen functional groups attached to an aromatic ring is 1. The standard InChI is InChI=1S/C9H14N2O.H2O4S.H2O/c1-7-6-8(10)2-3-9(7)11-4-5-12;1-5(2,3)4;/h2-3,6,11-12H,4-5,10H2,1H3;(H2,1,2,3,4);1H2. The maximum atomic E-state index is 8.74. The van der Waals surface area contributed by atoms with Gasteiger partial charge in [0.2, 0.25) is 0 Å². The Bertz CT molecular complexity index is 440. The zero-order chi connectivity index (χ0) is 13.5. The highest BCUT2D eigenvalue weighted by molar-refractivity contribution is 7.79. The molecule has 9 heteroatoms. The summed E-state index contributed by atoms with van der Waals surface area (Å²) in [5.41, 5.74) is 8.47.